The van der Waals surface area contributed by atoms with Gasteiger partial charge in [0, 0.05) is 23.9 Å². The van der Waals surface area contributed by atoms with Crippen molar-refractivity contribution in [2.24, 2.45) is 0 Å². The number of amides is 1. The first-order valence-corrected chi connectivity index (χ1v) is 6.97. The number of carbonyl (C=O) groups is 1. The topological polar surface area (TPSA) is 92.9 Å². The van der Waals surface area contributed by atoms with Crippen LogP contribution in [0.15, 0.2) is 9.32 Å². The molecule has 3 rings (SSSR count). The number of aromatic amines is 1. The number of aromatic nitrogens is 3. The molecule has 21 heavy (non-hydrogen) atoms. The Balaban J connectivity index is 2.24. The minimum atomic E-state index is -0.316. The van der Waals surface area contributed by atoms with E-state index in [0.29, 0.717) is 17.1 Å². The van der Waals surface area contributed by atoms with E-state index in [2.05, 4.69) is 15.6 Å². The molecular weight excluding hydrogens is 272 g/mol. The minimum absolute atomic E-state index is 0.0465. The first-order valence-electron chi connectivity index (χ1n) is 6.97. The molecule has 2 aromatic rings. The molecule has 0 aromatic carbocycles. The van der Waals surface area contributed by atoms with E-state index in [1.807, 2.05) is 20.8 Å². The summed E-state index contributed by atoms with van der Waals surface area (Å²) < 4.78 is 6.89. The van der Waals surface area contributed by atoms with E-state index >= 15 is 0 Å². The number of rotatable bonds is 2. The molecule has 0 saturated heterocycles. The molecule has 7 nitrogen and oxygen atoms in total. The van der Waals surface area contributed by atoms with Crippen LogP contribution in [-0.2, 0) is 4.79 Å². The summed E-state index contributed by atoms with van der Waals surface area (Å²) in [4.78, 5) is 24.4. The van der Waals surface area contributed by atoms with E-state index in [1.165, 1.54) is 0 Å². The first-order chi connectivity index (χ1) is 9.90. The molecule has 1 aliphatic heterocycles. The number of fused-ring (bicyclic) bond motifs is 1. The summed E-state index contributed by atoms with van der Waals surface area (Å²) in [6.45, 7) is 7.52. The van der Waals surface area contributed by atoms with Crippen molar-refractivity contribution in [2.45, 2.75) is 46.1 Å². The lowest BCUT2D eigenvalue weighted by molar-refractivity contribution is -0.116. The van der Waals surface area contributed by atoms with Gasteiger partial charge >= 0.3 is 0 Å². The number of nitrogens with zero attached hydrogens (tertiary/aromatic N) is 2. The van der Waals surface area contributed by atoms with Crippen molar-refractivity contribution in [3.8, 4) is 0 Å². The lowest BCUT2D eigenvalue weighted by Gasteiger charge is -2.23. The standard InChI is InChI=1S/C14H18N4O3/c1-6(2)18-13-12(14(20)16-18)9(5-10(19)15-13)11-7(3)17-21-8(11)4/h6,9H,5H2,1-4H3,(H,15,19)(H,16,20)/t9-/m1/s1. The van der Waals surface area contributed by atoms with E-state index < -0.39 is 0 Å². The molecule has 3 heterocycles. The highest BCUT2D eigenvalue weighted by Gasteiger charge is 2.35. The molecule has 0 fully saturated rings. The zero-order valence-corrected chi connectivity index (χ0v) is 12.5. The molecular formula is C14H18N4O3. The van der Waals surface area contributed by atoms with Crippen LogP contribution in [0.1, 0.15) is 54.8 Å². The summed E-state index contributed by atoms with van der Waals surface area (Å²) in [6.07, 6.45) is 0.223. The second kappa shape index (κ2) is 4.61. The SMILES string of the molecule is Cc1noc(C)c1[C@H]1CC(=O)Nc2c1c(=O)[nH]n2C(C)C. The second-order valence-corrected chi connectivity index (χ2v) is 5.71. The van der Waals surface area contributed by atoms with Gasteiger partial charge < -0.3 is 9.84 Å². The Bertz CT molecular complexity index is 746. The fourth-order valence-electron chi connectivity index (χ4n) is 3.01. The number of hydrogen-bond donors (Lipinski definition) is 2. The van der Waals surface area contributed by atoms with Crippen LogP contribution >= 0.6 is 0 Å². The van der Waals surface area contributed by atoms with Crippen molar-refractivity contribution in [3.05, 3.63) is 32.9 Å². The van der Waals surface area contributed by atoms with Gasteiger partial charge in [0.05, 0.1) is 11.3 Å². The van der Waals surface area contributed by atoms with Crippen LogP contribution in [0.5, 0.6) is 0 Å². The third-order valence-corrected chi connectivity index (χ3v) is 3.91. The molecule has 7 heteroatoms. The van der Waals surface area contributed by atoms with Gasteiger partial charge in [-0.2, -0.15) is 0 Å². The zero-order valence-electron chi connectivity index (χ0n) is 12.5. The van der Waals surface area contributed by atoms with Gasteiger partial charge in [0.25, 0.3) is 5.56 Å². The van der Waals surface area contributed by atoms with Crippen LogP contribution < -0.4 is 10.9 Å². The van der Waals surface area contributed by atoms with Crippen LogP contribution in [-0.4, -0.2) is 20.8 Å². The number of aryl methyl sites for hydroxylation is 2. The molecule has 1 amide bonds. The molecule has 0 spiro atoms. The predicted octanol–water partition coefficient (Wildman–Crippen LogP) is 1.84. The second-order valence-electron chi connectivity index (χ2n) is 5.71. The Morgan fingerprint density at radius 1 is 1.29 bits per heavy atom. The van der Waals surface area contributed by atoms with E-state index in [1.54, 1.807) is 11.6 Å². The largest absolute Gasteiger partial charge is 0.361 e. The monoisotopic (exact) mass is 290 g/mol. The smallest absolute Gasteiger partial charge is 0.270 e. The molecule has 0 saturated carbocycles. The van der Waals surface area contributed by atoms with Crippen molar-refractivity contribution in [3.63, 3.8) is 0 Å². The minimum Gasteiger partial charge on any atom is -0.361 e. The molecule has 2 N–H and O–H groups in total. The van der Waals surface area contributed by atoms with Gasteiger partial charge in [-0.05, 0) is 27.7 Å². The molecule has 1 aliphatic rings. The van der Waals surface area contributed by atoms with E-state index in [0.717, 1.165) is 11.3 Å². The van der Waals surface area contributed by atoms with Crippen molar-refractivity contribution in [1.82, 2.24) is 14.9 Å². The highest BCUT2D eigenvalue weighted by Crippen LogP contribution is 2.38. The van der Waals surface area contributed by atoms with Gasteiger partial charge in [-0.25, -0.2) is 0 Å². The normalized spacial score (nSPS) is 18.0. The van der Waals surface area contributed by atoms with Gasteiger partial charge in [0.15, 0.2) is 0 Å². The average molecular weight is 290 g/mol. The van der Waals surface area contributed by atoms with Crippen LogP contribution in [0.2, 0.25) is 0 Å². The van der Waals surface area contributed by atoms with Gasteiger partial charge in [0.2, 0.25) is 5.91 Å². The quantitative estimate of drug-likeness (QED) is 0.882. The van der Waals surface area contributed by atoms with Gasteiger partial charge in [-0.3, -0.25) is 19.4 Å². The molecule has 112 valence electrons. The summed E-state index contributed by atoms with van der Waals surface area (Å²) in [5.41, 5.74) is 1.95. The highest BCUT2D eigenvalue weighted by atomic mass is 16.5. The number of hydrogen-bond acceptors (Lipinski definition) is 4. The lowest BCUT2D eigenvalue weighted by Crippen LogP contribution is -2.27. The molecule has 0 unspecified atom stereocenters. The molecule has 0 radical (unpaired) electrons. The van der Waals surface area contributed by atoms with Crippen LogP contribution in [0, 0.1) is 13.8 Å². The Kier molecular flexibility index (Phi) is 3.00. The summed E-state index contributed by atoms with van der Waals surface area (Å²) in [6, 6.07) is 0.0465. The number of carbonyl (C=O) groups excluding carboxylic acids is 1. The van der Waals surface area contributed by atoms with E-state index in [4.69, 9.17) is 4.52 Å². The van der Waals surface area contributed by atoms with Gasteiger partial charge in [0.1, 0.15) is 11.6 Å². The van der Waals surface area contributed by atoms with Crippen molar-refractivity contribution in [1.29, 1.82) is 0 Å². The Morgan fingerprint density at radius 2 is 2.00 bits per heavy atom. The fourth-order valence-corrected chi connectivity index (χ4v) is 3.01. The summed E-state index contributed by atoms with van der Waals surface area (Å²) in [5.74, 6) is 0.774. The zero-order chi connectivity index (χ0) is 15.3. The Labute approximate surface area is 121 Å². The summed E-state index contributed by atoms with van der Waals surface area (Å²) >= 11 is 0. The summed E-state index contributed by atoms with van der Waals surface area (Å²) in [5, 5.41) is 9.54. The third kappa shape index (κ3) is 2.00. The number of H-pyrrole nitrogens is 1. The van der Waals surface area contributed by atoms with Crippen molar-refractivity contribution in [2.75, 3.05) is 5.32 Å². The molecule has 0 bridgehead atoms. The van der Waals surface area contributed by atoms with Crippen molar-refractivity contribution < 1.29 is 9.32 Å². The maximum absolute atomic E-state index is 12.3. The molecule has 1 atom stereocenters. The summed E-state index contributed by atoms with van der Waals surface area (Å²) in [7, 11) is 0. The lowest BCUT2D eigenvalue weighted by atomic mass is 9.86. The predicted molar refractivity (Wildman–Crippen MR) is 76.5 cm³/mol. The molecule has 0 aliphatic carbocycles. The Morgan fingerprint density at radius 3 is 2.57 bits per heavy atom. The van der Waals surface area contributed by atoms with E-state index in [-0.39, 0.29) is 29.8 Å². The van der Waals surface area contributed by atoms with Gasteiger partial charge in [-0.15, -0.1) is 0 Å². The Hall–Kier alpha value is -2.31. The van der Waals surface area contributed by atoms with Crippen LogP contribution in [0.3, 0.4) is 0 Å². The highest BCUT2D eigenvalue weighted by molar-refractivity contribution is 5.94. The van der Waals surface area contributed by atoms with Crippen molar-refractivity contribution >= 4 is 11.7 Å². The third-order valence-electron chi connectivity index (χ3n) is 3.91. The van der Waals surface area contributed by atoms with Crippen LogP contribution in [0.25, 0.3) is 0 Å². The maximum atomic E-state index is 12.3. The average Bonchev–Trinajstić information content (AvgIpc) is 2.90. The fraction of sp³-hybridized carbons (Fsp3) is 0.500. The van der Waals surface area contributed by atoms with E-state index in [9.17, 15) is 9.59 Å². The van der Waals surface area contributed by atoms with Crippen LogP contribution in [0.4, 0.5) is 5.82 Å². The first kappa shape index (κ1) is 13.7. The number of anilines is 1. The number of nitrogens with one attached hydrogen (secondary N) is 2. The van der Waals surface area contributed by atoms with Gasteiger partial charge in [-0.1, -0.05) is 5.16 Å². The maximum Gasteiger partial charge on any atom is 0.270 e. The molecule has 2 aromatic heterocycles.